The molecule has 2 aromatic carbocycles. The van der Waals surface area contributed by atoms with E-state index < -0.39 is 0 Å². The zero-order valence-electron chi connectivity index (χ0n) is 15.9. The number of para-hydroxylation sites is 1. The van der Waals surface area contributed by atoms with E-state index in [9.17, 15) is 0 Å². The van der Waals surface area contributed by atoms with Crippen LogP contribution in [0.25, 0.3) is 0 Å². The van der Waals surface area contributed by atoms with Gasteiger partial charge in [0, 0.05) is 5.92 Å². The molecule has 1 aliphatic heterocycles. The van der Waals surface area contributed by atoms with Crippen molar-refractivity contribution in [3.63, 3.8) is 0 Å². The Kier molecular flexibility index (Phi) is 4.36. The molecule has 26 heavy (non-hydrogen) atoms. The molecule has 0 radical (unpaired) electrons. The van der Waals surface area contributed by atoms with Crippen LogP contribution < -0.4 is 10.1 Å². The molecule has 0 saturated carbocycles. The lowest BCUT2D eigenvalue weighted by Crippen LogP contribution is -2.30. The first-order chi connectivity index (χ1) is 12.6. The Morgan fingerprint density at radius 2 is 1.96 bits per heavy atom. The predicted octanol–water partition coefficient (Wildman–Crippen LogP) is 6.00. The van der Waals surface area contributed by atoms with E-state index in [1.807, 2.05) is 0 Å². The van der Waals surface area contributed by atoms with Gasteiger partial charge in [-0.05, 0) is 61.4 Å². The number of aryl methyl sites for hydroxylation is 3. The standard InChI is InChI=1S/C24H27NO/c1-5-12-26-21-11-7-10-19-18-8-6-9-20(18)24(25-23(19)21)22-16(3)13-15(2)14-17(22)4/h5-8,10-11,13-14,18,20,24-25H,1,9,12H2,2-4H3. The van der Waals surface area contributed by atoms with Crippen molar-refractivity contribution in [1.82, 2.24) is 0 Å². The number of ether oxygens (including phenoxy) is 1. The zero-order valence-corrected chi connectivity index (χ0v) is 15.9. The molecule has 0 fully saturated rings. The van der Waals surface area contributed by atoms with E-state index in [1.165, 1.54) is 27.8 Å². The third-order valence-electron chi connectivity index (χ3n) is 5.76. The first-order valence-corrected chi connectivity index (χ1v) is 9.47. The molecule has 134 valence electrons. The first-order valence-electron chi connectivity index (χ1n) is 9.47. The van der Waals surface area contributed by atoms with Gasteiger partial charge in [-0.1, -0.05) is 54.6 Å². The maximum atomic E-state index is 5.96. The summed E-state index contributed by atoms with van der Waals surface area (Å²) in [6.45, 7) is 11.0. The van der Waals surface area contributed by atoms with E-state index in [-0.39, 0.29) is 0 Å². The third-order valence-corrected chi connectivity index (χ3v) is 5.76. The highest BCUT2D eigenvalue weighted by Gasteiger charge is 2.39. The smallest absolute Gasteiger partial charge is 0.143 e. The van der Waals surface area contributed by atoms with Gasteiger partial charge in [-0.3, -0.25) is 0 Å². The summed E-state index contributed by atoms with van der Waals surface area (Å²) in [5, 5.41) is 3.86. The van der Waals surface area contributed by atoms with Crippen LogP contribution in [-0.2, 0) is 0 Å². The fraction of sp³-hybridized carbons (Fsp3) is 0.333. The number of hydrogen-bond donors (Lipinski definition) is 1. The minimum absolute atomic E-state index is 0.302. The highest BCUT2D eigenvalue weighted by atomic mass is 16.5. The summed E-state index contributed by atoms with van der Waals surface area (Å²) < 4.78 is 5.96. The Morgan fingerprint density at radius 1 is 1.19 bits per heavy atom. The van der Waals surface area contributed by atoms with Gasteiger partial charge in [0.15, 0.2) is 0 Å². The van der Waals surface area contributed by atoms with E-state index in [4.69, 9.17) is 4.74 Å². The highest BCUT2D eigenvalue weighted by molar-refractivity contribution is 5.68. The molecule has 4 rings (SSSR count). The SMILES string of the molecule is C=CCOc1cccc2c1NC(c1c(C)cc(C)cc1C)C1CC=CC21. The molecule has 2 aliphatic rings. The van der Waals surface area contributed by atoms with Crippen LogP contribution in [0.4, 0.5) is 5.69 Å². The monoisotopic (exact) mass is 345 g/mol. The lowest BCUT2D eigenvalue weighted by atomic mass is 9.75. The molecule has 0 amide bonds. The quantitative estimate of drug-likeness (QED) is 0.686. The van der Waals surface area contributed by atoms with Crippen molar-refractivity contribution in [2.45, 2.75) is 39.2 Å². The lowest BCUT2D eigenvalue weighted by Gasteiger charge is -2.39. The van der Waals surface area contributed by atoms with Crippen LogP contribution >= 0.6 is 0 Å². The largest absolute Gasteiger partial charge is 0.487 e. The molecule has 0 saturated heterocycles. The summed E-state index contributed by atoms with van der Waals surface area (Å²) in [6.07, 6.45) is 7.64. The highest BCUT2D eigenvalue weighted by Crippen LogP contribution is 2.53. The van der Waals surface area contributed by atoms with Gasteiger partial charge in [-0.2, -0.15) is 0 Å². The first kappa shape index (κ1) is 17.0. The fourth-order valence-electron chi connectivity index (χ4n) is 4.83. The fourth-order valence-corrected chi connectivity index (χ4v) is 4.83. The third kappa shape index (κ3) is 2.74. The van der Waals surface area contributed by atoms with Crippen LogP contribution in [0.3, 0.4) is 0 Å². The Labute approximate surface area is 156 Å². The number of benzene rings is 2. The minimum Gasteiger partial charge on any atom is -0.487 e. The molecule has 2 nitrogen and oxygen atoms in total. The van der Waals surface area contributed by atoms with E-state index in [0.717, 1.165) is 17.9 Å². The van der Waals surface area contributed by atoms with E-state index in [1.54, 1.807) is 6.08 Å². The van der Waals surface area contributed by atoms with Gasteiger partial charge in [0.2, 0.25) is 0 Å². The number of nitrogens with one attached hydrogen (secondary N) is 1. The van der Waals surface area contributed by atoms with Gasteiger partial charge in [0.25, 0.3) is 0 Å². The number of allylic oxidation sites excluding steroid dienone is 2. The average Bonchev–Trinajstić information content (AvgIpc) is 3.09. The second kappa shape index (κ2) is 6.68. The molecule has 0 aromatic heterocycles. The summed E-state index contributed by atoms with van der Waals surface area (Å²) in [4.78, 5) is 0. The molecular formula is C24H27NO. The van der Waals surface area contributed by atoms with Crippen LogP contribution in [0, 0.1) is 26.7 Å². The number of hydrogen-bond acceptors (Lipinski definition) is 2. The van der Waals surface area contributed by atoms with Crippen LogP contribution in [0.15, 0.2) is 55.1 Å². The topological polar surface area (TPSA) is 21.3 Å². The van der Waals surface area contributed by atoms with E-state index in [0.29, 0.717) is 24.5 Å². The van der Waals surface area contributed by atoms with Gasteiger partial charge >= 0.3 is 0 Å². The maximum Gasteiger partial charge on any atom is 0.143 e. The van der Waals surface area contributed by atoms with Gasteiger partial charge in [-0.25, -0.2) is 0 Å². The number of anilines is 1. The van der Waals surface area contributed by atoms with Crippen molar-refractivity contribution >= 4 is 5.69 Å². The average molecular weight is 345 g/mol. The number of rotatable bonds is 4. The summed E-state index contributed by atoms with van der Waals surface area (Å²) in [5.74, 6) is 1.93. The Morgan fingerprint density at radius 3 is 2.69 bits per heavy atom. The molecule has 3 unspecified atom stereocenters. The molecule has 2 aromatic rings. The molecule has 2 heteroatoms. The van der Waals surface area contributed by atoms with Crippen LogP contribution in [0.2, 0.25) is 0 Å². The van der Waals surface area contributed by atoms with Crippen LogP contribution in [-0.4, -0.2) is 6.61 Å². The van der Waals surface area contributed by atoms with Gasteiger partial charge < -0.3 is 10.1 Å². The molecule has 3 atom stereocenters. The predicted molar refractivity (Wildman–Crippen MR) is 109 cm³/mol. The second-order valence-corrected chi connectivity index (χ2v) is 7.61. The van der Waals surface area contributed by atoms with E-state index >= 15 is 0 Å². The van der Waals surface area contributed by atoms with Crippen molar-refractivity contribution in [3.05, 3.63) is 83.0 Å². The van der Waals surface area contributed by atoms with Crippen LogP contribution in [0.5, 0.6) is 5.75 Å². The van der Waals surface area contributed by atoms with Crippen molar-refractivity contribution in [3.8, 4) is 5.75 Å². The molecule has 1 heterocycles. The summed E-state index contributed by atoms with van der Waals surface area (Å²) in [5.41, 5.74) is 8.02. The van der Waals surface area contributed by atoms with Gasteiger partial charge in [-0.15, -0.1) is 0 Å². The zero-order chi connectivity index (χ0) is 18.3. The maximum absolute atomic E-state index is 5.96. The summed E-state index contributed by atoms with van der Waals surface area (Å²) in [7, 11) is 0. The number of fused-ring (bicyclic) bond motifs is 3. The normalized spacial score (nSPS) is 23.1. The molecular weight excluding hydrogens is 318 g/mol. The van der Waals surface area contributed by atoms with Crippen molar-refractivity contribution in [2.75, 3.05) is 11.9 Å². The Hall–Kier alpha value is -2.48. The van der Waals surface area contributed by atoms with Gasteiger partial charge in [0.1, 0.15) is 12.4 Å². The van der Waals surface area contributed by atoms with Crippen molar-refractivity contribution in [2.24, 2.45) is 5.92 Å². The Balaban J connectivity index is 1.82. The molecule has 1 N–H and O–H groups in total. The molecule has 0 spiro atoms. The Bertz CT molecular complexity index is 857. The minimum atomic E-state index is 0.302. The van der Waals surface area contributed by atoms with Crippen molar-refractivity contribution < 1.29 is 4.74 Å². The van der Waals surface area contributed by atoms with E-state index in [2.05, 4.69) is 75.2 Å². The van der Waals surface area contributed by atoms with Gasteiger partial charge in [0.05, 0.1) is 11.7 Å². The van der Waals surface area contributed by atoms with Crippen LogP contribution in [0.1, 0.15) is 46.2 Å². The molecule has 1 aliphatic carbocycles. The summed E-state index contributed by atoms with van der Waals surface area (Å²) in [6, 6.07) is 11.3. The molecule has 0 bridgehead atoms. The van der Waals surface area contributed by atoms with Crippen molar-refractivity contribution in [1.29, 1.82) is 0 Å². The lowest BCUT2D eigenvalue weighted by molar-refractivity contribution is 0.358. The summed E-state index contributed by atoms with van der Waals surface area (Å²) >= 11 is 0. The second-order valence-electron chi connectivity index (χ2n) is 7.61.